The van der Waals surface area contributed by atoms with Gasteiger partial charge in [0.25, 0.3) is 5.91 Å². The molecule has 2 heterocycles. The maximum absolute atomic E-state index is 13.4. The molecule has 0 bridgehead atoms. The topological polar surface area (TPSA) is 82.5 Å². The standard InChI is InChI=1S/C26H22FN3O3S2/c1-26(2)22(24(32)33)30(14-34-26)23(31)17-5-3-15(4-6-17)16-7-10-19(11-8-16)28-25-29-20-12-9-18(27)13-21(20)35-25/h3-13,22H,14H2,1-2H3,(H,28,29)(H,32,33)/t22-/m1/s1. The molecule has 0 unspecified atom stereocenters. The summed E-state index contributed by atoms with van der Waals surface area (Å²) in [5.41, 5.74) is 3.98. The number of hydrogen-bond donors (Lipinski definition) is 2. The van der Waals surface area contributed by atoms with E-state index in [-0.39, 0.29) is 11.7 Å². The first-order valence-electron chi connectivity index (χ1n) is 10.9. The number of carboxylic acid groups (broad SMARTS) is 1. The van der Waals surface area contributed by atoms with E-state index in [1.54, 1.807) is 18.2 Å². The van der Waals surface area contributed by atoms with Crippen molar-refractivity contribution >= 4 is 56.0 Å². The largest absolute Gasteiger partial charge is 0.480 e. The Morgan fingerprint density at radius 2 is 1.71 bits per heavy atom. The van der Waals surface area contributed by atoms with Crippen molar-refractivity contribution in [2.24, 2.45) is 0 Å². The summed E-state index contributed by atoms with van der Waals surface area (Å²) in [5, 5.41) is 13.6. The monoisotopic (exact) mass is 507 g/mol. The van der Waals surface area contributed by atoms with Crippen molar-refractivity contribution < 1.29 is 19.1 Å². The van der Waals surface area contributed by atoms with E-state index in [9.17, 15) is 19.1 Å². The molecule has 178 valence electrons. The number of amides is 1. The molecule has 0 saturated carbocycles. The molecule has 1 fully saturated rings. The van der Waals surface area contributed by atoms with Crippen molar-refractivity contribution in [3.8, 4) is 11.1 Å². The van der Waals surface area contributed by atoms with Crippen LogP contribution in [0.15, 0.2) is 66.7 Å². The van der Waals surface area contributed by atoms with E-state index in [1.807, 2.05) is 50.2 Å². The maximum atomic E-state index is 13.4. The number of nitrogens with zero attached hydrogens (tertiary/aromatic N) is 2. The summed E-state index contributed by atoms with van der Waals surface area (Å²) < 4.78 is 13.7. The highest BCUT2D eigenvalue weighted by atomic mass is 32.2. The Labute approximate surface area is 209 Å². The maximum Gasteiger partial charge on any atom is 0.327 e. The number of hydrogen-bond acceptors (Lipinski definition) is 6. The van der Waals surface area contributed by atoms with Crippen molar-refractivity contribution in [2.45, 2.75) is 24.6 Å². The van der Waals surface area contributed by atoms with Gasteiger partial charge in [0.1, 0.15) is 11.9 Å². The summed E-state index contributed by atoms with van der Waals surface area (Å²) >= 11 is 2.86. The lowest BCUT2D eigenvalue weighted by Crippen LogP contribution is -2.48. The molecule has 0 spiro atoms. The molecule has 4 aromatic rings. The average molecular weight is 508 g/mol. The fraction of sp³-hybridized carbons (Fsp3) is 0.192. The molecule has 1 aromatic heterocycles. The molecule has 2 N–H and O–H groups in total. The van der Waals surface area contributed by atoms with E-state index in [2.05, 4.69) is 10.3 Å². The number of fused-ring (bicyclic) bond motifs is 1. The summed E-state index contributed by atoms with van der Waals surface area (Å²) in [6.07, 6.45) is 0. The number of carboxylic acids is 1. The first kappa shape index (κ1) is 23.3. The SMILES string of the molecule is CC1(C)SCN(C(=O)c2ccc(-c3ccc(Nc4nc5ccc(F)cc5s4)cc3)cc2)[C@@H]1C(=O)O. The predicted molar refractivity (Wildman–Crippen MR) is 139 cm³/mol. The summed E-state index contributed by atoms with van der Waals surface area (Å²) in [6, 6.07) is 18.7. The van der Waals surface area contributed by atoms with Gasteiger partial charge in [-0.1, -0.05) is 35.6 Å². The Morgan fingerprint density at radius 1 is 1.06 bits per heavy atom. The number of carbonyl (C=O) groups excluding carboxylic acids is 1. The van der Waals surface area contributed by atoms with Gasteiger partial charge < -0.3 is 15.3 Å². The number of aliphatic carboxylic acids is 1. The number of carbonyl (C=O) groups is 2. The molecule has 1 saturated heterocycles. The zero-order chi connectivity index (χ0) is 24.7. The fourth-order valence-electron chi connectivity index (χ4n) is 4.16. The Hall–Kier alpha value is -3.43. The minimum Gasteiger partial charge on any atom is -0.480 e. The molecule has 0 radical (unpaired) electrons. The van der Waals surface area contributed by atoms with Gasteiger partial charge in [0, 0.05) is 16.0 Å². The van der Waals surface area contributed by atoms with E-state index >= 15 is 0 Å². The van der Waals surface area contributed by atoms with Gasteiger partial charge in [0.05, 0.1) is 16.1 Å². The Balaban J connectivity index is 1.29. The number of rotatable bonds is 5. The first-order chi connectivity index (χ1) is 16.7. The normalized spacial score (nSPS) is 17.0. The molecule has 35 heavy (non-hydrogen) atoms. The smallest absolute Gasteiger partial charge is 0.327 e. The highest BCUT2D eigenvalue weighted by Gasteiger charge is 2.48. The third kappa shape index (κ3) is 4.61. The molecule has 3 aromatic carbocycles. The fourth-order valence-corrected chi connectivity index (χ4v) is 6.20. The lowest BCUT2D eigenvalue weighted by molar-refractivity contribution is -0.142. The van der Waals surface area contributed by atoms with Crippen LogP contribution in [0.25, 0.3) is 21.3 Å². The van der Waals surface area contributed by atoms with Crippen molar-refractivity contribution in [1.82, 2.24) is 9.88 Å². The number of anilines is 2. The van der Waals surface area contributed by atoms with Crippen LogP contribution in [0.2, 0.25) is 0 Å². The average Bonchev–Trinajstić information content (AvgIpc) is 3.38. The summed E-state index contributed by atoms with van der Waals surface area (Å²) in [4.78, 5) is 30.7. The quantitative estimate of drug-likeness (QED) is 0.334. The third-order valence-electron chi connectivity index (χ3n) is 5.99. The van der Waals surface area contributed by atoms with Gasteiger partial charge >= 0.3 is 5.97 Å². The van der Waals surface area contributed by atoms with Gasteiger partial charge in [-0.15, -0.1) is 11.8 Å². The van der Waals surface area contributed by atoms with Gasteiger partial charge in [0.15, 0.2) is 5.13 Å². The van der Waals surface area contributed by atoms with E-state index in [1.165, 1.54) is 40.1 Å². The molecule has 6 nitrogen and oxygen atoms in total. The molecule has 1 aliphatic heterocycles. The predicted octanol–water partition coefficient (Wildman–Crippen LogP) is 6.22. The van der Waals surface area contributed by atoms with Crippen molar-refractivity contribution in [1.29, 1.82) is 0 Å². The van der Waals surface area contributed by atoms with Gasteiger partial charge in [-0.25, -0.2) is 14.2 Å². The van der Waals surface area contributed by atoms with Crippen LogP contribution < -0.4 is 5.32 Å². The number of halogens is 1. The number of thiazole rings is 1. The molecule has 1 aliphatic rings. The van der Waals surface area contributed by atoms with Crippen LogP contribution in [-0.2, 0) is 4.79 Å². The van der Waals surface area contributed by atoms with Crippen LogP contribution >= 0.6 is 23.1 Å². The minimum atomic E-state index is -0.989. The zero-order valence-electron chi connectivity index (χ0n) is 19.0. The van der Waals surface area contributed by atoms with Gasteiger partial charge in [-0.05, 0) is 67.4 Å². The van der Waals surface area contributed by atoms with Crippen LogP contribution in [-0.4, -0.2) is 43.5 Å². The lowest BCUT2D eigenvalue weighted by Gasteiger charge is -2.27. The zero-order valence-corrected chi connectivity index (χ0v) is 20.6. The van der Waals surface area contributed by atoms with E-state index in [0.717, 1.165) is 27.0 Å². The molecule has 9 heteroatoms. The summed E-state index contributed by atoms with van der Waals surface area (Å²) in [5.74, 6) is -1.20. The number of thioether (sulfide) groups is 1. The molecule has 0 aliphatic carbocycles. The van der Waals surface area contributed by atoms with Crippen LogP contribution in [0.5, 0.6) is 0 Å². The second-order valence-electron chi connectivity index (χ2n) is 8.80. The molecule has 1 atom stereocenters. The van der Waals surface area contributed by atoms with Gasteiger partial charge in [-0.3, -0.25) is 4.79 Å². The molecular weight excluding hydrogens is 485 g/mol. The number of nitrogens with one attached hydrogen (secondary N) is 1. The van der Waals surface area contributed by atoms with Crippen LogP contribution in [0.3, 0.4) is 0 Å². The van der Waals surface area contributed by atoms with Crippen molar-refractivity contribution in [3.05, 3.63) is 78.1 Å². The highest BCUT2D eigenvalue weighted by molar-refractivity contribution is 8.00. The third-order valence-corrected chi connectivity index (χ3v) is 8.30. The second-order valence-corrected chi connectivity index (χ2v) is 11.4. The Morgan fingerprint density at radius 3 is 2.37 bits per heavy atom. The molecule has 1 amide bonds. The van der Waals surface area contributed by atoms with Crippen LogP contribution in [0.4, 0.5) is 15.2 Å². The lowest BCUT2D eigenvalue weighted by atomic mass is 10.00. The van der Waals surface area contributed by atoms with E-state index < -0.39 is 16.8 Å². The Bertz CT molecular complexity index is 1420. The molecular formula is C26H22FN3O3S2. The van der Waals surface area contributed by atoms with Crippen molar-refractivity contribution in [3.63, 3.8) is 0 Å². The highest BCUT2D eigenvalue weighted by Crippen LogP contribution is 2.40. The minimum absolute atomic E-state index is 0.280. The van der Waals surface area contributed by atoms with Crippen LogP contribution in [0.1, 0.15) is 24.2 Å². The second kappa shape index (κ2) is 8.98. The summed E-state index contributed by atoms with van der Waals surface area (Å²) in [7, 11) is 0. The van der Waals surface area contributed by atoms with E-state index in [0.29, 0.717) is 16.6 Å². The van der Waals surface area contributed by atoms with Gasteiger partial charge in [-0.2, -0.15) is 0 Å². The first-order valence-corrected chi connectivity index (χ1v) is 12.7. The Kier molecular flexibility index (Phi) is 5.98. The van der Waals surface area contributed by atoms with Gasteiger partial charge in [0.2, 0.25) is 0 Å². The number of aromatic nitrogens is 1. The number of benzene rings is 3. The van der Waals surface area contributed by atoms with Crippen molar-refractivity contribution in [2.75, 3.05) is 11.2 Å². The molecule has 5 rings (SSSR count). The summed E-state index contributed by atoms with van der Waals surface area (Å²) in [6.45, 7) is 3.70. The van der Waals surface area contributed by atoms with E-state index in [4.69, 9.17) is 0 Å². The van der Waals surface area contributed by atoms with Crippen LogP contribution in [0, 0.1) is 5.82 Å².